The normalized spacial score (nSPS) is 12.5. The lowest BCUT2D eigenvalue weighted by Gasteiger charge is -2.14. The number of aliphatic hydroxyl groups is 1. The Morgan fingerprint density at radius 2 is 2.13 bits per heavy atom. The molecule has 1 aromatic carbocycles. The van der Waals surface area contributed by atoms with Crippen LogP contribution in [0.15, 0.2) is 24.3 Å². The molecule has 2 N–H and O–H groups in total. The van der Waals surface area contributed by atoms with Crippen LogP contribution in [0.25, 0.3) is 0 Å². The molecule has 1 unspecified atom stereocenters. The molecule has 3 heteroatoms. The summed E-state index contributed by atoms with van der Waals surface area (Å²) in [7, 11) is 1.62. The van der Waals surface area contributed by atoms with Crippen LogP contribution >= 0.6 is 0 Å². The third kappa shape index (κ3) is 3.53. The number of rotatable bonds is 6. The average Bonchev–Trinajstić information content (AvgIpc) is 2.29. The van der Waals surface area contributed by atoms with Gasteiger partial charge < -0.3 is 15.2 Å². The lowest BCUT2D eigenvalue weighted by Crippen LogP contribution is -2.22. The van der Waals surface area contributed by atoms with Gasteiger partial charge in [0.2, 0.25) is 0 Å². The number of ether oxygens (including phenoxy) is 1. The predicted molar refractivity (Wildman–Crippen MR) is 61.1 cm³/mol. The highest BCUT2D eigenvalue weighted by atomic mass is 16.5. The van der Waals surface area contributed by atoms with Gasteiger partial charge in [-0.25, -0.2) is 0 Å². The van der Waals surface area contributed by atoms with Crippen molar-refractivity contribution in [2.24, 2.45) is 0 Å². The molecule has 3 nitrogen and oxygen atoms in total. The van der Waals surface area contributed by atoms with Gasteiger partial charge in [-0.1, -0.05) is 25.1 Å². The van der Waals surface area contributed by atoms with E-state index in [1.807, 2.05) is 24.3 Å². The summed E-state index contributed by atoms with van der Waals surface area (Å²) >= 11 is 0. The van der Waals surface area contributed by atoms with E-state index in [2.05, 4.69) is 12.2 Å². The number of para-hydroxylation sites is 1. The zero-order valence-corrected chi connectivity index (χ0v) is 9.36. The smallest absolute Gasteiger partial charge is 0.124 e. The summed E-state index contributed by atoms with van der Waals surface area (Å²) in [5.41, 5.74) is 0.837. The summed E-state index contributed by atoms with van der Waals surface area (Å²) in [4.78, 5) is 0. The lowest BCUT2D eigenvalue weighted by molar-refractivity contribution is 0.171. The quantitative estimate of drug-likeness (QED) is 0.701. The fraction of sp³-hybridized carbons (Fsp3) is 0.500. The second kappa shape index (κ2) is 6.43. The topological polar surface area (TPSA) is 41.5 Å². The molecule has 1 rings (SSSR count). The van der Waals surface area contributed by atoms with Gasteiger partial charge in [0.05, 0.1) is 13.2 Å². The first kappa shape index (κ1) is 12.0. The number of benzene rings is 1. The van der Waals surface area contributed by atoms with Crippen LogP contribution in [0.2, 0.25) is 0 Å². The molecule has 84 valence electrons. The Bertz CT molecular complexity index is 289. The fourth-order valence-corrected chi connectivity index (χ4v) is 1.47. The van der Waals surface area contributed by atoms with Gasteiger partial charge in [-0.3, -0.25) is 0 Å². The fourth-order valence-electron chi connectivity index (χ4n) is 1.47. The van der Waals surface area contributed by atoms with Gasteiger partial charge in [0.1, 0.15) is 5.75 Å². The number of aliphatic hydroxyl groups excluding tert-OH is 1. The van der Waals surface area contributed by atoms with E-state index in [0.29, 0.717) is 6.54 Å². The minimum atomic E-state index is -0.507. The Morgan fingerprint density at radius 1 is 1.40 bits per heavy atom. The second-order valence-corrected chi connectivity index (χ2v) is 3.46. The van der Waals surface area contributed by atoms with Gasteiger partial charge in [0.15, 0.2) is 0 Å². The van der Waals surface area contributed by atoms with E-state index in [-0.39, 0.29) is 0 Å². The maximum atomic E-state index is 9.92. The van der Waals surface area contributed by atoms with E-state index >= 15 is 0 Å². The van der Waals surface area contributed by atoms with Crippen molar-refractivity contribution in [1.82, 2.24) is 5.32 Å². The molecule has 0 amide bonds. The van der Waals surface area contributed by atoms with Gasteiger partial charge in [-0.05, 0) is 19.0 Å². The van der Waals surface area contributed by atoms with Crippen molar-refractivity contribution < 1.29 is 9.84 Å². The number of methoxy groups -OCH3 is 1. The molecule has 0 aliphatic rings. The standard InChI is InChI=1S/C12H19NO2/c1-3-8-13-9-11(14)10-6-4-5-7-12(10)15-2/h4-7,11,13-14H,3,8-9H2,1-2H3. The number of nitrogens with one attached hydrogen (secondary N) is 1. The van der Waals surface area contributed by atoms with Crippen LogP contribution in [0, 0.1) is 0 Å². The molecule has 0 heterocycles. The van der Waals surface area contributed by atoms with Gasteiger partial charge in [-0.2, -0.15) is 0 Å². The van der Waals surface area contributed by atoms with Crippen molar-refractivity contribution in [3.05, 3.63) is 29.8 Å². The molecule has 0 aliphatic heterocycles. The average molecular weight is 209 g/mol. The van der Waals surface area contributed by atoms with Crippen LogP contribution in [-0.4, -0.2) is 25.3 Å². The molecule has 1 atom stereocenters. The maximum Gasteiger partial charge on any atom is 0.124 e. The minimum Gasteiger partial charge on any atom is -0.496 e. The van der Waals surface area contributed by atoms with Gasteiger partial charge in [-0.15, -0.1) is 0 Å². The molecular weight excluding hydrogens is 190 g/mol. The van der Waals surface area contributed by atoms with Gasteiger partial charge >= 0.3 is 0 Å². The SMILES string of the molecule is CCCNCC(O)c1ccccc1OC. The molecule has 0 bridgehead atoms. The molecule has 1 aromatic rings. The molecule has 15 heavy (non-hydrogen) atoms. The molecule has 0 saturated carbocycles. The van der Waals surface area contributed by atoms with E-state index in [1.165, 1.54) is 0 Å². The first-order chi connectivity index (χ1) is 7.29. The summed E-state index contributed by atoms with van der Waals surface area (Å²) in [5.74, 6) is 0.739. The van der Waals surface area contributed by atoms with Crippen LogP contribution in [0.3, 0.4) is 0 Å². The summed E-state index contributed by atoms with van der Waals surface area (Å²) in [6, 6.07) is 7.55. The largest absolute Gasteiger partial charge is 0.496 e. The van der Waals surface area contributed by atoms with E-state index in [4.69, 9.17) is 4.74 Å². The summed E-state index contributed by atoms with van der Waals surface area (Å²) in [6.45, 7) is 3.59. The molecule has 0 aliphatic carbocycles. The first-order valence-corrected chi connectivity index (χ1v) is 5.31. The molecule has 0 spiro atoms. The van der Waals surface area contributed by atoms with Crippen molar-refractivity contribution in [3.63, 3.8) is 0 Å². The van der Waals surface area contributed by atoms with Crippen LogP contribution < -0.4 is 10.1 Å². The van der Waals surface area contributed by atoms with Crippen molar-refractivity contribution >= 4 is 0 Å². The highest BCUT2D eigenvalue weighted by molar-refractivity contribution is 5.35. The Morgan fingerprint density at radius 3 is 2.80 bits per heavy atom. The highest BCUT2D eigenvalue weighted by Crippen LogP contribution is 2.23. The first-order valence-electron chi connectivity index (χ1n) is 5.31. The van der Waals surface area contributed by atoms with E-state index in [9.17, 15) is 5.11 Å². The highest BCUT2D eigenvalue weighted by Gasteiger charge is 2.11. The van der Waals surface area contributed by atoms with Crippen molar-refractivity contribution in [2.75, 3.05) is 20.2 Å². The van der Waals surface area contributed by atoms with Crippen LogP contribution in [0.5, 0.6) is 5.75 Å². The Balaban J connectivity index is 2.59. The minimum absolute atomic E-state index is 0.507. The third-order valence-corrected chi connectivity index (χ3v) is 2.26. The van der Waals surface area contributed by atoms with Crippen LogP contribution in [0.1, 0.15) is 25.0 Å². The molecule has 0 radical (unpaired) electrons. The zero-order chi connectivity index (χ0) is 11.1. The van der Waals surface area contributed by atoms with Crippen LogP contribution in [-0.2, 0) is 0 Å². The summed E-state index contributed by atoms with van der Waals surface area (Å²) in [5, 5.41) is 13.1. The maximum absolute atomic E-state index is 9.92. The molecular formula is C12H19NO2. The lowest BCUT2D eigenvalue weighted by atomic mass is 10.1. The van der Waals surface area contributed by atoms with Crippen molar-refractivity contribution in [3.8, 4) is 5.75 Å². The second-order valence-electron chi connectivity index (χ2n) is 3.46. The Hall–Kier alpha value is -1.06. The summed E-state index contributed by atoms with van der Waals surface area (Å²) in [6.07, 6.45) is 0.561. The zero-order valence-electron chi connectivity index (χ0n) is 9.36. The predicted octanol–water partition coefficient (Wildman–Crippen LogP) is 1.73. The Labute approximate surface area is 91.1 Å². The van der Waals surface area contributed by atoms with Crippen molar-refractivity contribution in [2.45, 2.75) is 19.4 Å². The van der Waals surface area contributed by atoms with Gasteiger partial charge in [0.25, 0.3) is 0 Å². The molecule has 0 fully saturated rings. The third-order valence-electron chi connectivity index (χ3n) is 2.26. The monoisotopic (exact) mass is 209 g/mol. The van der Waals surface area contributed by atoms with E-state index in [1.54, 1.807) is 7.11 Å². The van der Waals surface area contributed by atoms with E-state index in [0.717, 1.165) is 24.3 Å². The molecule has 0 aromatic heterocycles. The van der Waals surface area contributed by atoms with E-state index < -0.39 is 6.10 Å². The number of hydrogen-bond donors (Lipinski definition) is 2. The van der Waals surface area contributed by atoms with Crippen molar-refractivity contribution in [1.29, 1.82) is 0 Å². The van der Waals surface area contributed by atoms with Gasteiger partial charge in [0, 0.05) is 12.1 Å². The Kier molecular flexibility index (Phi) is 5.15. The molecule has 0 saturated heterocycles. The summed E-state index contributed by atoms with van der Waals surface area (Å²) < 4.78 is 5.18. The number of hydrogen-bond acceptors (Lipinski definition) is 3. The van der Waals surface area contributed by atoms with Crippen LogP contribution in [0.4, 0.5) is 0 Å².